The minimum atomic E-state index is -0.298. The highest BCUT2D eigenvalue weighted by Gasteiger charge is 2.53. The molecule has 4 aliphatic rings. The van der Waals surface area contributed by atoms with Crippen LogP contribution in [0.4, 0.5) is 0 Å². The van der Waals surface area contributed by atoms with Gasteiger partial charge >= 0.3 is 0 Å². The van der Waals surface area contributed by atoms with E-state index in [0.717, 1.165) is 32.2 Å². The zero-order valence-corrected chi connectivity index (χ0v) is 19.6. The van der Waals surface area contributed by atoms with Crippen molar-refractivity contribution >= 4 is 11.8 Å². The highest BCUT2D eigenvalue weighted by Crippen LogP contribution is 2.45. The van der Waals surface area contributed by atoms with E-state index in [1.165, 1.54) is 22.3 Å². The number of carbonyl (C=O) groups is 2. The van der Waals surface area contributed by atoms with Crippen LogP contribution in [0.25, 0.3) is 0 Å². The molecule has 0 N–H and O–H groups in total. The van der Waals surface area contributed by atoms with Crippen LogP contribution in [0.15, 0.2) is 48.5 Å². The van der Waals surface area contributed by atoms with E-state index in [0.29, 0.717) is 13.1 Å². The Bertz CT molecular complexity index is 1140. The zero-order valence-electron chi connectivity index (χ0n) is 19.6. The minimum absolute atomic E-state index is 0.0363. The average molecular weight is 455 g/mol. The summed E-state index contributed by atoms with van der Waals surface area (Å²) in [5.74, 6) is 0.0143. The van der Waals surface area contributed by atoms with Crippen LogP contribution in [0.5, 0.6) is 0 Å². The highest BCUT2D eigenvalue weighted by molar-refractivity contribution is 5.87. The molecule has 2 amide bonds. The lowest BCUT2D eigenvalue weighted by molar-refractivity contribution is -0.141. The highest BCUT2D eigenvalue weighted by atomic mass is 16.2. The minimum Gasteiger partial charge on any atom is -0.326 e. The van der Waals surface area contributed by atoms with E-state index in [4.69, 9.17) is 0 Å². The van der Waals surface area contributed by atoms with Gasteiger partial charge in [0.15, 0.2) is 0 Å². The van der Waals surface area contributed by atoms with E-state index in [1.54, 1.807) is 4.90 Å². The third kappa shape index (κ3) is 3.25. The molecule has 0 saturated carbocycles. The number of fused-ring (bicyclic) bond motifs is 4. The maximum Gasteiger partial charge on any atom is 0.241 e. The van der Waals surface area contributed by atoms with Crippen molar-refractivity contribution in [2.45, 2.75) is 56.8 Å². The van der Waals surface area contributed by atoms with E-state index in [2.05, 4.69) is 64.4 Å². The molecule has 0 radical (unpaired) electrons. The summed E-state index contributed by atoms with van der Waals surface area (Å²) >= 11 is 0. The monoisotopic (exact) mass is 454 g/mol. The summed E-state index contributed by atoms with van der Waals surface area (Å²) in [7, 11) is 0. The van der Waals surface area contributed by atoms with Crippen LogP contribution >= 0.6 is 0 Å². The molecule has 3 saturated heterocycles. The molecule has 0 unspecified atom stereocenters. The summed E-state index contributed by atoms with van der Waals surface area (Å²) in [4.78, 5) is 32.9. The van der Waals surface area contributed by atoms with Gasteiger partial charge in [0, 0.05) is 31.6 Å². The Morgan fingerprint density at radius 2 is 1.79 bits per heavy atom. The van der Waals surface area contributed by atoms with Gasteiger partial charge in [-0.25, -0.2) is 0 Å². The number of rotatable bonds is 4. The largest absolute Gasteiger partial charge is 0.326 e. The lowest BCUT2D eigenvalue weighted by atomic mass is 9.81. The molecule has 3 fully saturated rings. The van der Waals surface area contributed by atoms with Crippen LogP contribution in [0, 0.1) is 17.2 Å². The second-order valence-electron chi connectivity index (χ2n) is 10.3. The molecule has 2 aromatic rings. The molecule has 3 aliphatic heterocycles. The van der Waals surface area contributed by atoms with Crippen LogP contribution in [0.1, 0.15) is 54.5 Å². The predicted octanol–water partition coefficient (Wildman–Crippen LogP) is 3.12. The first-order valence-corrected chi connectivity index (χ1v) is 12.5. The van der Waals surface area contributed by atoms with Crippen molar-refractivity contribution in [1.29, 1.82) is 5.26 Å². The number of benzene rings is 2. The van der Waals surface area contributed by atoms with Gasteiger partial charge in [0.25, 0.3) is 0 Å². The van der Waals surface area contributed by atoms with Crippen molar-refractivity contribution in [3.8, 4) is 6.07 Å². The lowest BCUT2D eigenvalue weighted by Gasteiger charge is -2.42. The predicted molar refractivity (Wildman–Crippen MR) is 128 cm³/mol. The van der Waals surface area contributed by atoms with Gasteiger partial charge in [-0.1, -0.05) is 55.5 Å². The number of hydrogen-bond donors (Lipinski definition) is 0. The first-order chi connectivity index (χ1) is 16.6. The van der Waals surface area contributed by atoms with Gasteiger partial charge in [-0.3, -0.25) is 14.5 Å². The van der Waals surface area contributed by atoms with Gasteiger partial charge < -0.3 is 9.80 Å². The van der Waals surface area contributed by atoms with Crippen molar-refractivity contribution in [3.63, 3.8) is 0 Å². The summed E-state index contributed by atoms with van der Waals surface area (Å²) in [6.45, 7) is 3.99. The second kappa shape index (κ2) is 8.25. The zero-order chi connectivity index (χ0) is 23.4. The smallest absolute Gasteiger partial charge is 0.241 e. The molecule has 6 nitrogen and oxygen atoms in total. The fourth-order valence-electron chi connectivity index (χ4n) is 6.70. The Morgan fingerprint density at radius 1 is 1.12 bits per heavy atom. The van der Waals surface area contributed by atoms with Gasteiger partial charge in [-0.2, -0.15) is 5.26 Å². The SMILES string of the molecule is C[C@@H](CN1C[C@H]2C[C@@H]1C(=O)N2C1c2ccccc2Cc2ccccc21)C(=O)N1CCC[C@H]1C#N. The molecule has 2 bridgehead atoms. The van der Waals surface area contributed by atoms with Gasteiger partial charge in [-0.15, -0.1) is 0 Å². The number of nitriles is 1. The summed E-state index contributed by atoms with van der Waals surface area (Å²) in [5.41, 5.74) is 5.09. The molecule has 0 aromatic heterocycles. The van der Waals surface area contributed by atoms with E-state index in [-0.39, 0.29) is 41.9 Å². The van der Waals surface area contributed by atoms with Crippen molar-refractivity contribution < 1.29 is 9.59 Å². The molecule has 4 atom stereocenters. The lowest BCUT2D eigenvalue weighted by Crippen LogP contribution is -2.54. The normalized spacial score (nSPS) is 26.9. The van der Waals surface area contributed by atoms with Crippen LogP contribution in [-0.2, 0) is 16.0 Å². The maximum atomic E-state index is 13.7. The van der Waals surface area contributed by atoms with E-state index in [1.807, 2.05) is 6.92 Å². The van der Waals surface area contributed by atoms with Crippen LogP contribution in [-0.4, -0.2) is 64.3 Å². The van der Waals surface area contributed by atoms with Crippen molar-refractivity contribution in [2.75, 3.05) is 19.6 Å². The number of nitrogens with zero attached hydrogens (tertiary/aromatic N) is 4. The maximum absolute atomic E-state index is 13.7. The molecule has 2 aromatic carbocycles. The Labute approximate surface area is 200 Å². The van der Waals surface area contributed by atoms with Gasteiger partial charge in [0.05, 0.1) is 18.2 Å². The van der Waals surface area contributed by atoms with E-state index >= 15 is 0 Å². The topological polar surface area (TPSA) is 67.7 Å². The van der Waals surface area contributed by atoms with Crippen LogP contribution in [0.3, 0.4) is 0 Å². The fourth-order valence-corrected chi connectivity index (χ4v) is 6.70. The van der Waals surface area contributed by atoms with Gasteiger partial charge in [-0.05, 0) is 47.9 Å². The number of amides is 2. The number of hydrogen-bond acceptors (Lipinski definition) is 4. The molecule has 1 aliphatic carbocycles. The molecular weight excluding hydrogens is 424 g/mol. The summed E-state index contributed by atoms with van der Waals surface area (Å²) in [6.07, 6.45) is 3.39. The van der Waals surface area contributed by atoms with Gasteiger partial charge in [0.1, 0.15) is 6.04 Å². The summed E-state index contributed by atoms with van der Waals surface area (Å²) in [5, 5.41) is 9.36. The van der Waals surface area contributed by atoms with Crippen molar-refractivity contribution in [2.24, 2.45) is 5.92 Å². The van der Waals surface area contributed by atoms with Crippen LogP contribution < -0.4 is 0 Å². The first kappa shape index (κ1) is 21.4. The second-order valence-corrected chi connectivity index (χ2v) is 10.3. The Balaban J connectivity index is 1.22. The van der Waals surface area contributed by atoms with Crippen LogP contribution in [0.2, 0.25) is 0 Å². The first-order valence-electron chi connectivity index (χ1n) is 12.5. The van der Waals surface area contributed by atoms with Crippen molar-refractivity contribution in [1.82, 2.24) is 14.7 Å². The molecule has 3 heterocycles. The Kier molecular flexibility index (Phi) is 5.18. The molecule has 6 heteroatoms. The Hall–Kier alpha value is -3.17. The number of piperazine rings is 1. The quantitative estimate of drug-likeness (QED) is 0.712. The summed E-state index contributed by atoms with van der Waals surface area (Å²) < 4.78 is 0. The van der Waals surface area contributed by atoms with Crippen molar-refractivity contribution in [3.05, 3.63) is 70.8 Å². The summed E-state index contributed by atoms with van der Waals surface area (Å²) in [6, 6.07) is 19.0. The number of likely N-dealkylation sites (tertiary alicyclic amines) is 3. The number of carbonyl (C=O) groups excluding carboxylic acids is 2. The fraction of sp³-hybridized carbons (Fsp3) is 0.464. The van der Waals surface area contributed by atoms with E-state index in [9.17, 15) is 14.9 Å². The molecule has 174 valence electrons. The molecule has 0 spiro atoms. The third-order valence-electron chi connectivity index (χ3n) is 8.29. The molecule has 6 rings (SSSR count). The third-order valence-corrected chi connectivity index (χ3v) is 8.29. The molecule has 34 heavy (non-hydrogen) atoms. The Morgan fingerprint density at radius 3 is 2.44 bits per heavy atom. The van der Waals surface area contributed by atoms with Gasteiger partial charge in [0.2, 0.25) is 11.8 Å². The van der Waals surface area contributed by atoms with E-state index < -0.39 is 0 Å². The molecular formula is C28H30N4O2. The standard InChI is InChI=1S/C28H30N4O2/c1-18(27(33)31-12-6-9-21(31)15-29)16-30-17-22-14-25(30)28(34)32(22)26-23-10-4-2-7-19(23)13-20-8-3-5-11-24(20)26/h2-5,7-8,10-11,18,21-22,25-26H,6,9,12-14,16-17H2,1H3/t18-,21-,22+,25+/m0/s1. The average Bonchev–Trinajstić information content (AvgIpc) is 3.57.